The van der Waals surface area contributed by atoms with Crippen molar-refractivity contribution in [3.8, 4) is 0 Å². The van der Waals surface area contributed by atoms with Crippen LogP contribution in [-0.2, 0) is 4.74 Å². The molecule has 1 atom stereocenters. The highest BCUT2D eigenvalue weighted by molar-refractivity contribution is 14.1. The SMILES string of the molecule is CC1(NC(=O)c2cc(I)ccc2Br)CCOC1. The monoisotopic (exact) mass is 409 g/mol. The van der Waals surface area contributed by atoms with Crippen molar-refractivity contribution in [1.82, 2.24) is 5.32 Å². The molecule has 0 aromatic heterocycles. The standard InChI is InChI=1S/C12H13BrINO2/c1-12(4-5-17-7-12)15-11(16)9-6-8(14)2-3-10(9)13/h2-3,6H,4-5,7H2,1H3,(H,15,16). The van der Waals surface area contributed by atoms with E-state index in [0.717, 1.165) is 14.5 Å². The molecule has 17 heavy (non-hydrogen) atoms. The second-order valence-corrected chi connectivity index (χ2v) is 6.54. The van der Waals surface area contributed by atoms with Gasteiger partial charge in [-0.05, 0) is 70.1 Å². The van der Waals surface area contributed by atoms with Gasteiger partial charge in [-0.2, -0.15) is 0 Å². The summed E-state index contributed by atoms with van der Waals surface area (Å²) in [6.45, 7) is 3.31. The first-order valence-corrected chi connectivity index (χ1v) is 7.23. The summed E-state index contributed by atoms with van der Waals surface area (Å²) in [6.07, 6.45) is 0.861. The third-order valence-corrected chi connectivity index (χ3v) is 4.17. The zero-order valence-electron chi connectivity index (χ0n) is 9.43. The van der Waals surface area contributed by atoms with Crippen LogP contribution in [0, 0.1) is 3.57 Å². The minimum atomic E-state index is -0.238. The zero-order chi connectivity index (χ0) is 12.5. The van der Waals surface area contributed by atoms with Crippen LogP contribution in [-0.4, -0.2) is 24.7 Å². The molecule has 1 heterocycles. The van der Waals surface area contributed by atoms with Crippen molar-refractivity contribution in [1.29, 1.82) is 0 Å². The largest absolute Gasteiger partial charge is 0.379 e. The van der Waals surface area contributed by atoms with Crippen molar-refractivity contribution >= 4 is 44.4 Å². The summed E-state index contributed by atoms with van der Waals surface area (Å²) in [4.78, 5) is 12.2. The van der Waals surface area contributed by atoms with Crippen LogP contribution in [0.25, 0.3) is 0 Å². The van der Waals surface area contributed by atoms with E-state index in [4.69, 9.17) is 4.74 Å². The molecule has 0 radical (unpaired) electrons. The van der Waals surface area contributed by atoms with E-state index in [1.54, 1.807) is 0 Å². The maximum Gasteiger partial charge on any atom is 0.252 e. The Labute approximate surface area is 123 Å². The van der Waals surface area contributed by atoms with Crippen molar-refractivity contribution in [3.63, 3.8) is 0 Å². The van der Waals surface area contributed by atoms with Crippen LogP contribution in [0.1, 0.15) is 23.7 Å². The summed E-state index contributed by atoms with van der Waals surface area (Å²) in [5, 5.41) is 3.04. The number of carbonyl (C=O) groups is 1. The zero-order valence-corrected chi connectivity index (χ0v) is 13.2. The Bertz CT molecular complexity index is 444. The Balaban J connectivity index is 2.17. The molecule has 1 unspecified atom stereocenters. The van der Waals surface area contributed by atoms with Crippen molar-refractivity contribution in [2.45, 2.75) is 18.9 Å². The van der Waals surface area contributed by atoms with E-state index in [0.29, 0.717) is 18.8 Å². The molecule has 0 spiro atoms. The van der Waals surface area contributed by atoms with E-state index in [9.17, 15) is 4.79 Å². The predicted molar refractivity (Wildman–Crippen MR) is 78.2 cm³/mol. The van der Waals surface area contributed by atoms with Gasteiger partial charge in [-0.25, -0.2) is 0 Å². The van der Waals surface area contributed by atoms with Gasteiger partial charge in [-0.3, -0.25) is 4.79 Å². The van der Waals surface area contributed by atoms with Crippen LogP contribution < -0.4 is 5.32 Å². The quantitative estimate of drug-likeness (QED) is 0.762. The van der Waals surface area contributed by atoms with Gasteiger partial charge in [0.2, 0.25) is 0 Å². The first-order valence-electron chi connectivity index (χ1n) is 5.35. The molecule has 1 amide bonds. The smallest absolute Gasteiger partial charge is 0.252 e. The topological polar surface area (TPSA) is 38.3 Å². The van der Waals surface area contributed by atoms with Gasteiger partial charge in [0.25, 0.3) is 5.91 Å². The van der Waals surface area contributed by atoms with Gasteiger partial charge < -0.3 is 10.1 Å². The Morgan fingerprint density at radius 3 is 3.00 bits per heavy atom. The van der Waals surface area contributed by atoms with Gasteiger partial charge in [-0.1, -0.05) is 0 Å². The van der Waals surface area contributed by atoms with E-state index in [1.165, 1.54) is 0 Å². The number of ether oxygens (including phenoxy) is 1. The summed E-state index contributed by atoms with van der Waals surface area (Å²) in [7, 11) is 0. The fraction of sp³-hybridized carbons (Fsp3) is 0.417. The number of halogens is 2. The summed E-state index contributed by atoms with van der Waals surface area (Å²) in [5.74, 6) is -0.0524. The molecule has 0 aliphatic carbocycles. The molecule has 0 saturated carbocycles. The highest BCUT2D eigenvalue weighted by atomic mass is 127. The van der Waals surface area contributed by atoms with E-state index >= 15 is 0 Å². The average molecular weight is 410 g/mol. The second kappa shape index (κ2) is 5.24. The number of benzene rings is 1. The number of amides is 1. The number of rotatable bonds is 2. The lowest BCUT2D eigenvalue weighted by atomic mass is 10.0. The van der Waals surface area contributed by atoms with Crippen LogP contribution in [0.15, 0.2) is 22.7 Å². The van der Waals surface area contributed by atoms with Gasteiger partial charge >= 0.3 is 0 Å². The first kappa shape index (κ1) is 13.3. The van der Waals surface area contributed by atoms with Crippen LogP contribution in [0.5, 0.6) is 0 Å². The Morgan fingerprint density at radius 1 is 1.59 bits per heavy atom. The molecule has 5 heteroatoms. The van der Waals surface area contributed by atoms with Crippen LogP contribution >= 0.6 is 38.5 Å². The number of nitrogens with one attached hydrogen (secondary N) is 1. The Hall–Kier alpha value is -0.140. The molecule has 1 aliphatic heterocycles. The van der Waals surface area contributed by atoms with E-state index in [-0.39, 0.29) is 11.4 Å². The third-order valence-electron chi connectivity index (χ3n) is 2.81. The predicted octanol–water partition coefficient (Wildman–Crippen LogP) is 2.96. The van der Waals surface area contributed by atoms with Crippen molar-refractivity contribution in [2.75, 3.05) is 13.2 Å². The lowest BCUT2D eigenvalue weighted by molar-refractivity contribution is 0.0889. The molecule has 1 aromatic rings. The lowest BCUT2D eigenvalue weighted by Gasteiger charge is -2.23. The normalized spacial score (nSPS) is 23.7. The van der Waals surface area contributed by atoms with Gasteiger partial charge in [0.05, 0.1) is 17.7 Å². The fourth-order valence-electron chi connectivity index (χ4n) is 1.78. The molecule has 92 valence electrons. The minimum Gasteiger partial charge on any atom is -0.379 e. The van der Waals surface area contributed by atoms with Gasteiger partial charge in [-0.15, -0.1) is 0 Å². The highest BCUT2D eigenvalue weighted by Gasteiger charge is 2.31. The second-order valence-electron chi connectivity index (χ2n) is 4.44. The Kier molecular flexibility index (Phi) is 4.10. The molecular weight excluding hydrogens is 397 g/mol. The van der Waals surface area contributed by atoms with Gasteiger partial charge in [0, 0.05) is 14.6 Å². The van der Waals surface area contributed by atoms with Crippen LogP contribution in [0.4, 0.5) is 0 Å². The highest BCUT2D eigenvalue weighted by Crippen LogP contribution is 2.22. The molecule has 2 rings (SSSR count). The van der Waals surface area contributed by atoms with Crippen LogP contribution in [0.2, 0.25) is 0 Å². The lowest BCUT2D eigenvalue weighted by Crippen LogP contribution is -2.46. The van der Waals surface area contributed by atoms with Gasteiger partial charge in [0.1, 0.15) is 0 Å². The van der Waals surface area contributed by atoms with Crippen molar-refractivity contribution in [2.24, 2.45) is 0 Å². The number of hydrogen-bond donors (Lipinski definition) is 1. The molecule has 1 fully saturated rings. The summed E-state index contributed by atoms with van der Waals surface area (Å²) >= 11 is 5.60. The van der Waals surface area contributed by atoms with Crippen molar-refractivity contribution in [3.05, 3.63) is 31.8 Å². The number of carbonyl (C=O) groups excluding carboxylic acids is 1. The summed E-state index contributed by atoms with van der Waals surface area (Å²) < 4.78 is 7.19. The van der Waals surface area contributed by atoms with E-state index in [1.807, 2.05) is 25.1 Å². The molecule has 1 aliphatic rings. The third kappa shape index (κ3) is 3.20. The average Bonchev–Trinajstić information content (AvgIpc) is 2.68. The van der Waals surface area contributed by atoms with E-state index in [2.05, 4.69) is 43.8 Å². The molecule has 3 nitrogen and oxygen atoms in total. The summed E-state index contributed by atoms with van der Waals surface area (Å²) in [6, 6.07) is 5.73. The Morgan fingerprint density at radius 2 is 2.35 bits per heavy atom. The fourth-order valence-corrected chi connectivity index (χ4v) is 2.70. The molecule has 1 aromatic carbocycles. The van der Waals surface area contributed by atoms with Gasteiger partial charge in [0.15, 0.2) is 0 Å². The molecule has 0 bridgehead atoms. The molecule has 1 saturated heterocycles. The molecular formula is C12H13BrINO2. The van der Waals surface area contributed by atoms with Crippen LogP contribution in [0.3, 0.4) is 0 Å². The minimum absolute atomic E-state index is 0.0524. The summed E-state index contributed by atoms with van der Waals surface area (Å²) in [5.41, 5.74) is 0.433. The number of hydrogen-bond acceptors (Lipinski definition) is 2. The maximum absolute atomic E-state index is 12.2. The van der Waals surface area contributed by atoms with Crippen molar-refractivity contribution < 1.29 is 9.53 Å². The first-order chi connectivity index (χ1) is 8.00. The van der Waals surface area contributed by atoms with E-state index < -0.39 is 0 Å². The maximum atomic E-state index is 12.2. The molecule has 1 N–H and O–H groups in total.